The van der Waals surface area contributed by atoms with Gasteiger partial charge in [0.25, 0.3) is 0 Å². The molecule has 1 rings (SSSR count). The van der Waals surface area contributed by atoms with Crippen LogP contribution in [0, 0.1) is 0 Å². The number of hydrogen-bond acceptors (Lipinski definition) is 4. The van der Waals surface area contributed by atoms with Crippen LogP contribution in [0.3, 0.4) is 0 Å². The number of nitrogens with one attached hydrogen (secondary N) is 1. The van der Waals surface area contributed by atoms with Crippen LogP contribution in [0.15, 0.2) is 6.20 Å². The molecular formula is C9H13N3O3. The fourth-order valence-electron chi connectivity index (χ4n) is 0.906. The maximum absolute atomic E-state index is 10.7. The van der Waals surface area contributed by atoms with E-state index in [4.69, 9.17) is 4.84 Å². The van der Waals surface area contributed by atoms with Gasteiger partial charge >= 0.3 is 0 Å². The Bertz CT molecular complexity index is 354. The third-order valence-electron chi connectivity index (χ3n) is 1.39. The maximum atomic E-state index is 10.7. The van der Waals surface area contributed by atoms with Gasteiger partial charge in [-0.05, 0) is 20.8 Å². The Kier molecular flexibility index (Phi) is 3.21. The molecule has 0 aliphatic carbocycles. The summed E-state index contributed by atoms with van der Waals surface area (Å²) in [6.07, 6.45) is 2.42. The highest BCUT2D eigenvalue weighted by Gasteiger charge is 2.19. The first kappa shape index (κ1) is 11.4. The second-order valence-corrected chi connectivity index (χ2v) is 3.91. The monoisotopic (exact) mass is 211 g/mol. The zero-order valence-corrected chi connectivity index (χ0v) is 8.85. The summed E-state index contributed by atoms with van der Waals surface area (Å²) in [7, 11) is 0. The van der Waals surface area contributed by atoms with E-state index in [1.807, 2.05) is 0 Å². The van der Waals surface area contributed by atoms with Gasteiger partial charge in [-0.2, -0.15) is 5.06 Å². The molecule has 1 aromatic rings. The Morgan fingerprint density at radius 3 is 2.53 bits per heavy atom. The molecule has 6 nitrogen and oxygen atoms in total. The highest BCUT2D eigenvalue weighted by molar-refractivity contribution is 5.74. The van der Waals surface area contributed by atoms with E-state index in [1.54, 1.807) is 20.8 Å². The normalized spacial score (nSPS) is 11.1. The molecule has 0 fully saturated rings. The Balaban J connectivity index is 2.83. The van der Waals surface area contributed by atoms with Crippen molar-refractivity contribution in [1.82, 2.24) is 9.97 Å². The van der Waals surface area contributed by atoms with E-state index in [0.29, 0.717) is 12.7 Å². The Labute approximate surface area is 87.2 Å². The summed E-state index contributed by atoms with van der Waals surface area (Å²) in [6, 6.07) is 0. The van der Waals surface area contributed by atoms with Crippen LogP contribution >= 0.6 is 0 Å². The van der Waals surface area contributed by atoms with Crippen molar-refractivity contribution < 1.29 is 14.4 Å². The number of anilines is 1. The van der Waals surface area contributed by atoms with Crippen LogP contribution in [0.5, 0.6) is 0 Å². The summed E-state index contributed by atoms with van der Waals surface area (Å²) < 4.78 is 0. The van der Waals surface area contributed by atoms with Crippen molar-refractivity contribution in [2.75, 3.05) is 5.06 Å². The van der Waals surface area contributed by atoms with Crippen LogP contribution < -0.4 is 5.06 Å². The molecule has 0 saturated carbocycles. The summed E-state index contributed by atoms with van der Waals surface area (Å²) in [5.41, 5.74) is -0.232. The van der Waals surface area contributed by atoms with Crippen LogP contribution in [0.2, 0.25) is 0 Å². The predicted molar refractivity (Wildman–Crippen MR) is 53.4 cm³/mol. The summed E-state index contributed by atoms with van der Waals surface area (Å²) >= 11 is 0. The molecular weight excluding hydrogens is 198 g/mol. The first-order valence-electron chi connectivity index (χ1n) is 4.40. The molecule has 0 radical (unpaired) electrons. The smallest absolute Gasteiger partial charge is 0.240 e. The van der Waals surface area contributed by atoms with Crippen LogP contribution in [0.1, 0.15) is 31.3 Å². The number of aromatic amines is 1. The molecule has 1 amide bonds. The van der Waals surface area contributed by atoms with Gasteiger partial charge in [-0.25, -0.2) is 4.98 Å². The van der Waals surface area contributed by atoms with E-state index in [0.717, 1.165) is 5.06 Å². The minimum Gasteiger partial charge on any atom is -0.320 e. The highest BCUT2D eigenvalue weighted by atomic mass is 16.7. The SMILES string of the molecule is CC(C)(C)ON(C=O)c1ncc(C=O)[nH]1. The minimum atomic E-state index is -0.519. The number of imidazole rings is 1. The molecule has 0 atom stereocenters. The van der Waals surface area contributed by atoms with Gasteiger partial charge in [-0.1, -0.05) is 0 Å². The summed E-state index contributed by atoms with van der Waals surface area (Å²) in [5, 5.41) is 0.951. The molecule has 15 heavy (non-hydrogen) atoms. The average molecular weight is 211 g/mol. The van der Waals surface area contributed by atoms with Crippen LogP contribution in [-0.2, 0) is 9.63 Å². The number of amides is 1. The summed E-state index contributed by atoms with van der Waals surface area (Å²) in [6.45, 7) is 5.40. The number of carbonyl (C=O) groups excluding carboxylic acids is 2. The van der Waals surface area contributed by atoms with Gasteiger partial charge in [0, 0.05) is 0 Å². The molecule has 0 aliphatic rings. The lowest BCUT2D eigenvalue weighted by atomic mass is 10.2. The van der Waals surface area contributed by atoms with Crippen molar-refractivity contribution in [3.8, 4) is 0 Å². The molecule has 6 heteroatoms. The molecule has 0 saturated heterocycles. The van der Waals surface area contributed by atoms with Gasteiger partial charge in [-0.3, -0.25) is 14.4 Å². The average Bonchev–Trinajstić information content (AvgIpc) is 2.60. The van der Waals surface area contributed by atoms with Crippen LogP contribution in [0.4, 0.5) is 5.95 Å². The zero-order chi connectivity index (χ0) is 11.5. The minimum absolute atomic E-state index is 0.182. The Morgan fingerprint density at radius 2 is 2.13 bits per heavy atom. The topological polar surface area (TPSA) is 75.3 Å². The van der Waals surface area contributed by atoms with Crippen molar-refractivity contribution in [2.45, 2.75) is 26.4 Å². The molecule has 82 valence electrons. The molecule has 0 unspecified atom stereocenters. The van der Waals surface area contributed by atoms with Gasteiger partial charge < -0.3 is 4.98 Å². The van der Waals surface area contributed by atoms with E-state index in [1.165, 1.54) is 6.20 Å². The summed E-state index contributed by atoms with van der Waals surface area (Å²) in [4.78, 5) is 32.9. The number of H-pyrrole nitrogens is 1. The fraction of sp³-hybridized carbons (Fsp3) is 0.444. The number of carbonyl (C=O) groups is 2. The number of hydrogen-bond donors (Lipinski definition) is 1. The van der Waals surface area contributed by atoms with Crippen LogP contribution in [0.25, 0.3) is 0 Å². The molecule has 0 spiro atoms. The van der Waals surface area contributed by atoms with Crippen molar-refractivity contribution >= 4 is 18.6 Å². The third kappa shape index (κ3) is 3.17. The summed E-state index contributed by atoms with van der Waals surface area (Å²) in [5.74, 6) is 0.182. The van der Waals surface area contributed by atoms with Gasteiger partial charge in [0.15, 0.2) is 6.29 Å². The second kappa shape index (κ2) is 4.22. The molecule has 1 aromatic heterocycles. The fourth-order valence-corrected chi connectivity index (χ4v) is 0.906. The lowest BCUT2D eigenvalue weighted by Crippen LogP contribution is -2.33. The third-order valence-corrected chi connectivity index (χ3v) is 1.39. The molecule has 0 aliphatic heterocycles. The Morgan fingerprint density at radius 1 is 1.47 bits per heavy atom. The van der Waals surface area contributed by atoms with E-state index in [9.17, 15) is 9.59 Å². The van der Waals surface area contributed by atoms with Crippen LogP contribution in [-0.4, -0.2) is 28.3 Å². The zero-order valence-electron chi connectivity index (χ0n) is 8.85. The Hall–Kier alpha value is -1.69. The van der Waals surface area contributed by atoms with Gasteiger partial charge in [0.1, 0.15) is 0 Å². The number of rotatable bonds is 4. The number of aromatic nitrogens is 2. The lowest BCUT2D eigenvalue weighted by Gasteiger charge is -2.24. The van der Waals surface area contributed by atoms with Gasteiger partial charge in [0.2, 0.25) is 12.4 Å². The van der Waals surface area contributed by atoms with Gasteiger partial charge in [0.05, 0.1) is 17.5 Å². The molecule has 0 bridgehead atoms. The predicted octanol–water partition coefficient (Wildman–Crippen LogP) is 0.915. The second-order valence-electron chi connectivity index (χ2n) is 3.91. The molecule has 1 N–H and O–H groups in total. The van der Waals surface area contributed by atoms with E-state index >= 15 is 0 Å². The van der Waals surface area contributed by atoms with Crippen molar-refractivity contribution in [3.63, 3.8) is 0 Å². The van der Waals surface area contributed by atoms with Crippen molar-refractivity contribution in [3.05, 3.63) is 11.9 Å². The van der Waals surface area contributed by atoms with E-state index in [-0.39, 0.29) is 11.6 Å². The largest absolute Gasteiger partial charge is 0.320 e. The van der Waals surface area contributed by atoms with Gasteiger partial charge in [-0.15, -0.1) is 0 Å². The van der Waals surface area contributed by atoms with Crippen molar-refractivity contribution in [2.24, 2.45) is 0 Å². The highest BCUT2D eigenvalue weighted by Crippen LogP contribution is 2.14. The van der Waals surface area contributed by atoms with E-state index < -0.39 is 5.60 Å². The molecule has 1 heterocycles. The first-order chi connectivity index (χ1) is 6.96. The number of nitrogens with zero attached hydrogens (tertiary/aromatic N) is 2. The van der Waals surface area contributed by atoms with Crippen molar-refractivity contribution in [1.29, 1.82) is 0 Å². The molecule has 0 aromatic carbocycles. The first-order valence-corrected chi connectivity index (χ1v) is 4.40. The quantitative estimate of drug-likeness (QED) is 0.593. The standard InChI is InChI=1S/C9H13N3O3/c1-9(2,3)15-12(6-14)8-10-4-7(5-13)11-8/h4-6H,1-3H3,(H,10,11). The number of hydroxylamine groups is 1. The maximum Gasteiger partial charge on any atom is 0.240 e. The van der Waals surface area contributed by atoms with E-state index in [2.05, 4.69) is 9.97 Å². The number of aldehydes is 1. The lowest BCUT2D eigenvalue weighted by molar-refractivity contribution is -0.120.